The van der Waals surface area contributed by atoms with Crippen molar-refractivity contribution in [1.29, 1.82) is 0 Å². The van der Waals surface area contributed by atoms with Gasteiger partial charge in [0.2, 0.25) is 5.91 Å². The SMILES string of the molecule is COc1cc(N)c(Cl)cc1C(=O)N[C@H]1CCN(CCN2C(=O)CNC2=O)C[C@H]1OC. The first kappa shape index (κ1) is 22.1. The van der Waals surface area contributed by atoms with Gasteiger partial charge in [-0.3, -0.25) is 19.4 Å². The van der Waals surface area contributed by atoms with Gasteiger partial charge in [0, 0.05) is 39.4 Å². The molecular formula is C19H26ClN5O5. The van der Waals surface area contributed by atoms with Crippen molar-refractivity contribution in [3.63, 3.8) is 0 Å². The second-order valence-electron chi connectivity index (χ2n) is 7.22. The van der Waals surface area contributed by atoms with E-state index < -0.39 is 0 Å². The maximum Gasteiger partial charge on any atom is 0.324 e. The first-order valence-corrected chi connectivity index (χ1v) is 9.99. The third-order valence-corrected chi connectivity index (χ3v) is 5.73. The average Bonchev–Trinajstić information content (AvgIpc) is 3.06. The lowest BCUT2D eigenvalue weighted by molar-refractivity contribution is -0.125. The normalized spacial score (nSPS) is 22.2. The second kappa shape index (κ2) is 9.50. The largest absolute Gasteiger partial charge is 0.496 e. The Morgan fingerprint density at radius 2 is 2.10 bits per heavy atom. The predicted molar refractivity (Wildman–Crippen MR) is 111 cm³/mol. The van der Waals surface area contributed by atoms with Crippen molar-refractivity contribution < 1.29 is 23.9 Å². The summed E-state index contributed by atoms with van der Waals surface area (Å²) in [6, 6.07) is 2.43. The Morgan fingerprint density at radius 3 is 2.73 bits per heavy atom. The lowest BCUT2D eigenvalue weighted by Crippen LogP contribution is -2.55. The molecule has 3 rings (SSSR count). The number of hydrogen-bond donors (Lipinski definition) is 3. The Balaban J connectivity index is 1.59. The van der Waals surface area contributed by atoms with Crippen LogP contribution in [-0.2, 0) is 9.53 Å². The molecule has 0 aromatic heterocycles. The van der Waals surface area contributed by atoms with Crippen molar-refractivity contribution in [2.75, 3.05) is 52.7 Å². The van der Waals surface area contributed by atoms with E-state index in [-0.39, 0.29) is 41.6 Å². The molecule has 4 amide bonds. The number of imide groups is 1. The number of likely N-dealkylation sites (tertiary alicyclic amines) is 1. The van der Waals surface area contributed by atoms with Crippen molar-refractivity contribution in [2.24, 2.45) is 0 Å². The zero-order valence-corrected chi connectivity index (χ0v) is 17.7. The van der Waals surface area contributed by atoms with Crippen LogP contribution in [0.1, 0.15) is 16.8 Å². The summed E-state index contributed by atoms with van der Waals surface area (Å²) in [4.78, 5) is 39.5. The van der Waals surface area contributed by atoms with E-state index in [2.05, 4.69) is 15.5 Å². The van der Waals surface area contributed by atoms with Crippen LogP contribution in [0.4, 0.5) is 10.5 Å². The first-order valence-electron chi connectivity index (χ1n) is 9.61. The lowest BCUT2D eigenvalue weighted by atomic mass is 10.0. The third-order valence-electron chi connectivity index (χ3n) is 5.40. The lowest BCUT2D eigenvalue weighted by Gasteiger charge is -2.38. The van der Waals surface area contributed by atoms with Crippen LogP contribution in [-0.4, -0.2) is 86.7 Å². The maximum absolute atomic E-state index is 12.8. The number of piperidine rings is 1. The molecule has 0 radical (unpaired) electrons. The molecule has 2 heterocycles. The molecular weight excluding hydrogens is 414 g/mol. The topological polar surface area (TPSA) is 126 Å². The van der Waals surface area contributed by atoms with Gasteiger partial charge in [-0.1, -0.05) is 11.6 Å². The number of hydrogen-bond acceptors (Lipinski definition) is 7. The molecule has 2 atom stereocenters. The minimum atomic E-state index is -0.360. The van der Waals surface area contributed by atoms with Crippen molar-refractivity contribution in [3.8, 4) is 5.75 Å². The molecule has 0 saturated carbocycles. The van der Waals surface area contributed by atoms with Crippen molar-refractivity contribution in [1.82, 2.24) is 20.4 Å². The first-order chi connectivity index (χ1) is 14.3. The number of halogens is 1. The van der Waals surface area contributed by atoms with Crippen LogP contribution in [0.2, 0.25) is 5.02 Å². The maximum atomic E-state index is 12.8. The Morgan fingerprint density at radius 1 is 1.33 bits per heavy atom. The number of anilines is 1. The fourth-order valence-corrected chi connectivity index (χ4v) is 3.84. The highest BCUT2D eigenvalue weighted by molar-refractivity contribution is 6.33. The van der Waals surface area contributed by atoms with Gasteiger partial charge in [-0.15, -0.1) is 0 Å². The molecule has 0 unspecified atom stereocenters. The number of nitrogens with one attached hydrogen (secondary N) is 2. The standard InChI is InChI=1S/C19H26ClN5O5/c1-29-15-8-13(21)12(20)7-11(15)18(27)23-14-3-4-24(10-16(14)30-2)5-6-25-17(26)9-22-19(25)28/h7-8,14,16H,3-6,9-10,21H2,1-2H3,(H,22,28)(H,23,27)/t14-,16+/m0/s1. The Hall–Kier alpha value is -2.56. The Labute approximate surface area is 179 Å². The quantitative estimate of drug-likeness (QED) is 0.412. The highest BCUT2D eigenvalue weighted by Crippen LogP contribution is 2.29. The van der Waals surface area contributed by atoms with E-state index in [9.17, 15) is 14.4 Å². The number of carbonyl (C=O) groups excluding carboxylic acids is 3. The monoisotopic (exact) mass is 439 g/mol. The number of amides is 4. The van der Waals surface area contributed by atoms with Gasteiger partial charge in [-0.25, -0.2) is 4.79 Å². The molecule has 0 bridgehead atoms. The molecule has 1 aromatic rings. The number of nitrogen functional groups attached to an aromatic ring is 1. The molecule has 30 heavy (non-hydrogen) atoms. The van der Waals surface area contributed by atoms with E-state index in [1.807, 2.05) is 0 Å². The zero-order valence-electron chi connectivity index (χ0n) is 16.9. The summed E-state index contributed by atoms with van der Waals surface area (Å²) < 4.78 is 10.8. The van der Waals surface area contributed by atoms with E-state index in [1.54, 1.807) is 7.11 Å². The summed E-state index contributed by atoms with van der Waals surface area (Å²) in [5.74, 6) is -0.204. The number of methoxy groups -OCH3 is 2. The molecule has 2 saturated heterocycles. The molecule has 164 valence electrons. The summed E-state index contributed by atoms with van der Waals surface area (Å²) in [5, 5.41) is 5.78. The summed E-state index contributed by atoms with van der Waals surface area (Å²) in [5.41, 5.74) is 6.41. The molecule has 0 spiro atoms. The average molecular weight is 440 g/mol. The minimum absolute atomic E-state index is 0.0479. The van der Waals surface area contributed by atoms with Crippen molar-refractivity contribution >= 4 is 35.1 Å². The van der Waals surface area contributed by atoms with Crippen molar-refractivity contribution in [2.45, 2.75) is 18.6 Å². The van der Waals surface area contributed by atoms with Crippen LogP contribution < -0.4 is 21.1 Å². The summed E-state index contributed by atoms with van der Waals surface area (Å²) in [6.07, 6.45) is 0.399. The van der Waals surface area contributed by atoms with Gasteiger partial charge < -0.3 is 25.8 Å². The molecule has 1 aromatic carbocycles. The third kappa shape index (κ3) is 4.77. The van der Waals surface area contributed by atoms with Crippen LogP contribution >= 0.6 is 11.6 Å². The number of benzene rings is 1. The van der Waals surface area contributed by atoms with E-state index in [1.165, 1.54) is 24.1 Å². The van der Waals surface area contributed by atoms with Crippen LogP contribution in [0.15, 0.2) is 12.1 Å². The van der Waals surface area contributed by atoms with Crippen molar-refractivity contribution in [3.05, 3.63) is 22.7 Å². The number of carbonyl (C=O) groups is 3. The molecule has 0 aliphatic carbocycles. The van der Waals surface area contributed by atoms with E-state index in [0.717, 1.165) is 0 Å². The molecule has 2 fully saturated rings. The number of urea groups is 1. The van der Waals surface area contributed by atoms with E-state index in [0.29, 0.717) is 49.6 Å². The summed E-state index contributed by atoms with van der Waals surface area (Å²) in [6.45, 7) is 2.16. The van der Waals surface area contributed by atoms with Crippen LogP contribution in [0, 0.1) is 0 Å². The summed E-state index contributed by atoms with van der Waals surface area (Å²) >= 11 is 6.07. The molecule has 10 nitrogen and oxygen atoms in total. The molecule has 2 aliphatic rings. The van der Waals surface area contributed by atoms with Gasteiger partial charge >= 0.3 is 6.03 Å². The van der Waals surface area contributed by atoms with E-state index in [4.69, 9.17) is 26.8 Å². The van der Waals surface area contributed by atoms with Crippen LogP contribution in [0.25, 0.3) is 0 Å². The van der Waals surface area contributed by atoms with Gasteiger partial charge in [-0.2, -0.15) is 0 Å². The highest BCUT2D eigenvalue weighted by Gasteiger charge is 2.33. The molecule has 11 heteroatoms. The predicted octanol–water partition coefficient (Wildman–Crippen LogP) is 0.302. The van der Waals surface area contributed by atoms with Gasteiger partial charge in [0.1, 0.15) is 5.75 Å². The number of nitrogens with zero attached hydrogens (tertiary/aromatic N) is 2. The molecule has 2 aliphatic heterocycles. The summed E-state index contributed by atoms with van der Waals surface area (Å²) in [7, 11) is 3.05. The van der Waals surface area contributed by atoms with Gasteiger partial charge in [-0.05, 0) is 12.5 Å². The van der Waals surface area contributed by atoms with Gasteiger partial charge in [0.25, 0.3) is 5.91 Å². The Bertz CT molecular complexity index is 820. The second-order valence-corrected chi connectivity index (χ2v) is 7.63. The van der Waals surface area contributed by atoms with Gasteiger partial charge in [0.15, 0.2) is 0 Å². The van der Waals surface area contributed by atoms with Gasteiger partial charge in [0.05, 0.1) is 42.1 Å². The number of rotatable bonds is 7. The minimum Gasteiger partial charge on any atom is -0.496 e. The van der Waals surface area contributed by atoms with Crippen LogP contribution in [0.5, 0.6) is 5.75 Å². The smallest absolute Gasteiger partial charge is 0.324 e. The van der Waals surface area contributed by atoms with Crippen LogP contribution in [0.3, 0.4) is 0 Å². The zero-order chi connectivity index (χ0) is 21.8. The number of nitrogens with two attached hydrogens (primary N) is 1. The fraction of sp³-hybridized carbons (Fsp3) is 0.526. The molecule has 4 N–H and O–H groups in total. The fourth-order valence-electron chi connectivity index (χ4n) is 3.67. The Kier molecular flexibility index (Phi) is 7.01. The van der Waals surface area contributed by atoms with E-state index >= 15 is 0 Å². The number of ether oxygens (including phenoxy) is 2. The highest BCUT2D eigenvalue weighted by atomic mass is 35.5.